The monoisotopic (exact) mass is 472 g/mol. The molecule has 0 aliphatic carbocycles. The molecule has 0 unspecified atom stereocenters. The van der Waals surface area contributed by atoms with Crippen molar-refractivity contribution in [3.05, 3.63) is 77.9 Å². The van der Waals surface area contributed by atoms with Gasteiger partial charge in [0, 0.05) is 37.1 Å². The highest BCUT2D eigenvalue weighted by Crippen LogP contribution is 2.45. The molecule has 1 fully saturated rings. The summed E-state index contributed by atoms with van der Waals surface area (Å²) in [5.41, 5.74) is 2.76. The van der Waals surface area contributed by atoms with E-state index in [9.17, 15) is 4.79 Å². The van der Waals surface area contributed by atoms with Crippen LogP contribution in [0.2, 0.25) is 0 Å². The Morgan fingerprint density at radius 1 is 1.00 bits per heavy atom. The van der Waals surface area contributed by atoms with Crippen LogP contribution in [0, 0.1) is 0 Å². The summed E-state index contributed by atoms with van der Waals surface area (Å²) in [5.74, 6) is 2.09. The molecule has 2 aliphatic heterocycles. The SMILES string of the molecule is COc1ccc2nc(OC3CCN(C(=O)C4c5ccccc5Oc5ccccc54)CC3)sc2c1. The molecule has 1 amide bonds. The standard InChI is InChI=1S/C27H24N2O4S/c1-31-18-10-11-21-24(16-18)34-27(28-21)32-17-12-14-29(15-13-17)26(30)25-19-6-2-4-8-22(19)33-23-9-5-3-7-20(23)25/h2-11,16-17,25H,12-15H2,1H3. The second-order valence-corrected chi connectivity index (χ2v) is 9.56. The van der Waals surface area contributed by atoms with Gasteiger partial charge in [-0.15, -0.1) is 0 Å². The van der Waals surface area contributed by atoms with E-state index in [1.54, 1.807) is 7.11 Å². The van der Waals surface area contributed by atoms with Gasteiger partial charge in [-0.3, -0.25) is 4.79 Å². The Morgan fingerprint density at radius 3 is 2.35 bits per heavy atom. The van der Waals surface area contributed by atoms with Gasteiger partial charge in [0.05, 0.1) is 23.2 Å². The molecule has 7 heteroatoms. The molecule has 4 aromatic rings. The quantitative estimate of drug-likeness (QED) is 0.386. The number of likely N-dealkylation sites (tertiary alicyclic amines) is 1. The van der Waals surface area contributed by atoms with Crippen molar-refractivity contribution in [3.63, 3.8) is 0 Å². The Hall–Kier alpha value is -3.58. The maximum absolute atomic E-state index is 13.7. The highest BCUT2D eigenvalue weighted by molar-refractivity contribution is 7.20. The summed E-state index contributed by atoms with van der Waals surface area (Å²) in [6.45, 7) is 1.31. The topological polar surface area (TPSA) is 60.9 Å². The van der Waals surface area contributed by atoms with Gasteiger partial charge < -0.3 is 19.1 Å². The van der Waals surface area contributed by atoms with Gasteiger partial charge in [0.15, 0.2) is 0 Å². The molecule has 3 heterocycles. The minimum Gasteiger partial charge on any atom is -0.497 e. The Kier molecular flexibility index (Phi) is 5.34. The molecule has 1 aromatic heterocycles. The summed E-state index contributed by atoms with van der Waals surface area (Å²) in [7, 11) is 1.66. The summed E-state index contributed by atoms with van der Waals surface area (Å²) in [4.78, 5) is 20.3. The van der Waals surface area contributed by atoms with E-state index in [0.29, 0.717) is 18.3 Å². The van der Waals surface area contributed by atoms with E-state index in [1.807, 2.05) is 71.6 Å². The number of methoxy groups -OCH3 is 1. The summed E-state index contributed by atoms with van der Waals surface area (Å²) in [5, 5.41) is 0.667. The fourth-order valence-electron chi connectivity index (χ4n) is 4.76. The van der Waals surface area contributed by atoms with Crippen molar-refractivity contribution in [2.75, 3.05) is 20.2 Å². The average molecular weight is 473 g/mol. The third-order valence-electron chi connectivity index (χ3n) is 6.52. The van der Waals surface area contributed by atoms with Gasteiger partial charge in [-0.05, 0) is 30.3 Å². The Bertz CT molecular complexity index is 1310. The number of amides is 1. The molecule has 0 spiro atoms. The van der Waals surface area contributed by atoms with Gasteiger partial charge in [-0.1, -0.05) is 47.7 Å². The molecule has 6 rings (SSSR count). The summed E-state index contributed by atoms with van der Waals surface area (Å²) in [6, 6.07) is 21.5. The predicted octanol–water partition coefficient (Wildman–Crippen LogP) is 5.61. The number of carbonyl (C=O) groups is 1. The molecule has 1 saturated heterocycles. The first kappa shape index (κ1) is 21.0. The number of nitrogens with zero attached hydrogens (tertiary/aromatic N) is 2. The van der Waals surface area contributed by atoms with Gasteiger partial charge in [-0.25, -0.2) is 4.98 Å². The lowest BCUT2D eigenvalue weighted by Crippen LogP contribution is -2.44. The van der Waals surface area contributed by atoms with Crippen LogP contribution < -0.4 is 14.2 Å². The minimum absolute atomic E-state index is 0.0424. The zero-order chi connectivity index (χ0) is 23.1. The van der Waals surface area contributed by atoms with Crippen molar-refractivity contribution in [1.82, 2.24) is 9.88 Å². The van der Waals surface area contributed by atoms with E-state index in [1.165, 1.54) is 11.3 Å². The highest BCUT2D eigenvalue weighted by Gasteiger charge is 2.36. The number of thiazole rings is 1. The lowest BCUT2D eigenvalue weighted by molar-refractivity contribution is -0.133. The second-order valence-electron chi connectivity index (χ2n) is 8.57. The van der Waals surface area contributed by atoms with Crippen molar-refractivity contribution in [1.29, 1.82) is 0 Å². The summed E-state index contributed by atoms with van der Waals surface area (Å²) >= 11 is 1.53. The molecule has 0 N–H and O–H groups in total. The van der Waals surface area contributed by atoms with E-state index in [-0.39, 0.29) is 17.9 Å². The first-order chi connectivity index (χ1) is 16.7. The molecule has 0 bridgehead atoms. The molecule has 0 saturated carbocycles. The third-order valence-corrected chi connectivity index (χ3v) is 7.43. The van der Waals surface area contributed by atoms with Gasteiger partial charge >= 0.3 is 0 Å². The van der Waals surface area contributed by atoms with E-state index >= 15 is 0 Å². The maximum Gasteiger partial charge on any atom is 0.274 e. The first-order valence-electron chi connectivity index (χ1n) is 11.5. The average Bonchev–Trinajstić information content (AvgIpc) is 3.28. The molecular weight excluding hydrogens is 448 g/mol. The fraction of sp³-hybridized carbons (Fsp3) is 0.259. The molecule has 172 valence electrons. The van der Waals surface area contributed by atoms with Crippen LogP contribution in [0.5, 0.6) is 22.4 Å². The van der Waals surface area contributed by atoms with Crippen molar-refractivity contribution < 1.29 is 19.0 Å². The molecule has 3 aromatic carbocycles. The normalized spacial score (nSPS) is 16.0. The molecule has 2 aliphatic rings. The number of carbonyl (C=O) groups excluding carboxylic acids is 1. The summed E-state index contributed by atoms with van der Waals surface area (Å²) < 4.78 is 18.6. The number of hydrogen-bond donors (Lipinski definition) is 0. The van der Waals surface area contributed by atoms with Crippen LogP contribution in [0.3, 0.4) is 0 Å². The van der Waals surface area contributed by atoms with Crippen LogP contribution in [0.15, 0.2) is 66.7 Å². The molecule has 34 heavy (non-hydrogen) atoms. The Labute approximate surface area is 201 Å². The number of rotatable bonds is 4. The Balaban J connectivity index is 1.16. The molecular formula is C27H24N2O4S. The van der Waals surface area contributed by atoms with E-state index in [2.05, 4.69) is 4.98 Å². The van der Waals surface area contributed by atoms with E-state index in [0.717, 1.165) is 51.4 Å². The van der Waals surface area contributed by atoms with Crippen LogP contribution in [-0.2, 0) is 4.79 Å². The largest absolute Gasteiger partial charge is 0.497 e. The van der Waals surface area contributed by atoms with Crippen molar-refractivity contribution in [3.8, 4) is 22.4 Å². The number of aromatic nitrogens is 1. The number of benzene rings is 3. The third kappa shape index (κ3) is 3.76. The van der Waals surface area contributed by atoms with Gasteiger partial charge in [-0.2, -0.15) is 0 Å². The van der Waals surface area contributed by atoms with E-state index in [4.69, 9.17) is 14.2 Å². The lowest BCUT2D eigenvalue weighted by Gasteiger charge is -2.36. The van der Waals surface area contributed by atoms with E-state index < -0.39 is 0 Å². The number of para-hydroxylation sites is 2. The number of hydrogen-bond acceptors (Lipinski definition) is 6. The highest BCUT2D eigenvalue weighted by atomic mass is 32.1. The molecule has 0 radical (unpaired) electrons. The van der Waals surface area contributed by atoms with Crippen LogP contribution in [0.25, 0.3) is 10.2 Å². The fourth-order valence-corrected chi connectivity index (χ4v) is 5.67. The molecule has 6 nitrogen and oxygen atoms in total. The second kappa shape index (κ2) is 8.65. The summed E-state index contributed by atoms with van der Waals surface area (Å²) in [6.07, 6.45) is 1.59. The van der Waals surface area contributed by atoms with Crippen molar-refractivity contribution in [2.24, 2.45) is 0 Å². The van der Waals surface area contributed by atoms with Gasteiger partial charge in [0.2, 0.25) is 5.91 Å². The number of piperidine rings is 1. The Morgan fingerprint density at radius 2 is 1.68 bits per heavy atom. The van der Waals surface area contributed by atoms with Crippen LogP contribution >= 0.6 is 11.3 Å². The van der Waals surface area contributed by atoms with Crippen LogP contribution in [0.4, 0.5) is 0 Å². The maximum atomic E-state index is 13.7. The van der Waals surface area contributed by atoms with Gasteiger partial charge in [0.25, 0.3) is 5.19 Å². The minimum atomic E-state index is -0.349. The van der Waals surface area contributed by atoms with Crippen LogP contribution in [0.1, 0.15) is 29.9 Å². The lowest BCUT2D eigenvalue weighted by atomic mass is 9.86. The zero-order valence-corrected chi connectivity index (χ0v) is 19.6. The number of fused-ring (bicyclic) bond motifs is 3. The molecule has 0 atom stereocenters. The smallest absolute Gasteiger partial charge is 0.274 e. The van der Waals surface area contributed by atoms with Gasteiger partial charge in [0.1, 0.15) is 23.4 Å². The predicted molar refractivity (Wildman–Crippen MR) is 131 cm³/mol. The van der Waals surface area contributed by atoms with Crippen LogP contribution in [-0.4, -0.2) is 42.1 Å². The first-order valence-corrected chi connectivity index (χ1v) is 12.3. The van der Waals surface area contributed by atoms with Crippen molar-refractivity contribution in [2.45, 2.75) is 24.9 Å². The number of ether oxygens (including phenoxy) is 3. The van der Waals surface area contributed by atoms with Crippen molar-refractivity contribution >= 4 is 27.5 Å². The zero-order valence-electron chi connectivity index (χ0n) is 18.8.